The predicted molar refractivity (Wildman–Crippen MR) is 78.0 cm³/mol. The number of benzene rings is 1. The van der Waals surface area contributed by atoms with Crippen LogP contribution < -0.4 is 21.3 Å². The van der Waals surface area contributed by atoms with Crippen LogP contribution in [-0.2, 0) is 22.7 Å². The van der Waals surface area contributed by atoms with E-state index < -0.39 is 0 Å². The second-order valence-corrected chi connectivity index (χ2v) is 4.43. The predicted octanol–water partition coefficient (Wildman–Crippen LogP) is -0.642. The fraction of sp³-hybridized carbons (Fsp3) is 0.429. The van der Waals surface area contributed by atoms with E-state index in [9.17, 15) is 9.59 Å². The van der Waals surface area contributed by atoms with Gasteiger partial charge in [-0.05, 0) is 25.2 Å². The Kier molecular flexibility index (Phi) is 7.31. The number of hydrogen-bond donors (Lipinski definition) is 4. The monoisotopic (exact) mass is 278 g/mol. The standard InChI is InChI=1S/C14H22N4O2/c1-15-9-13(19)17-7-11-4-3-5-12(6-11)8-18-14(20)10-16-2/h3-6,15-16H,7-10H2,1-2H3,(H,17,19)(H,18,20). The van der Waals surface area contributed by atoms with Gasteiger partial charge in [0.2, 0.25) is 11.8 Å². The molecule has 2 amide bonds. The van der Waals surface area contributed by atoms with Crippen molar-refractivity contribution >= 4 is 11.8 Å². The number of likely N-dealkylation sites (N-methyl/N-ethyl adjacent to an activating group) is 2. The maximum absolute atomic E-state index is 11.4. The number of nitrogens with one attached hydrogen (secondary N) is 4. The number of carbonyl (C=O) groups is 2. The van der Waals surface area contributed by atoms with Crippen molar-refractivity contribution in [2.75, 3.05) is 27.2 Å². The smallest absolute Gasteiger partial charge is 0.234 e. The molecule has 1 rings (SSSR count). The first-order chi connectivity index (χ1) is 9.65. The van der Waals surface area contributed by atoms with Gasteiger partial charge in [0.1, 0.15) is 0 Å². The van der Waals surface area contributed by atoms with Crippen molar-refractivity contribution in [1.29, 1.82) is 0 Å². The van der Waals surface area contributed by atoms with Crippen LogP contribution in [0.5, 0.6) is 0 Å². The molecule has 110 valence electrons. The zero-order valence-electron chi connectivity index (χ0n) is 12.0. The van der Waals surface area contributed by atoms with Gasteiger partial charge in [-0.2, -0.15) is 0 Å². The van der Waals surface area contributed by atoms with Crippen LogP contribution in [0.4, 0.5) is 0 Å². The first kappa shape index (κ1) is 16.1. The molecular formula is C14H22N4O2. The highest BCUT2D eigenvalue weighted by molar-refractivity contribution is 5.78. The van der Waals surface area contributed by atoms with Gasteiger partial charge in [0, 0.05) is 13.1 Å². The summed E-state index contributed by atoms with van der Waals surface area (Å²) >= 11 is 0. The van der Waals surface area contributed by atoms with Gasteiger partial charge in [-0.25, -0.2) is 0 Å². The molecule has 0 spiro atoms. The third kappa shape index (κ3) is 6.31. The lowest BCUT2D eigenvalue weighted by Crippen LogP contribution is -2.32. The van der Waals surface area contributed by atoms with Crippen LogP contribution in [0.25, 0.3) is 0 Å². The summed E-state index contributed by atoms with van der Waals surface area (Å²) in [6, 6.07) is 7.77. The van der Waals surface area contributed by atoms with Crippen molar-refractivity contribution in [1.82, 2.24) is 21.3 Å². The lowest BCUT2D eigenvalue weighted by Gasteiger charge is -2.08. The van der Waals surface area contributed by atoms with E-state index in [1.807, 2.05) is 24.3 Å². The molecule has 20 heavy (non-hydrogen) atoms. The number of amides is 2. The fourth-order valence-corrected chi connectivity index (χ4v) is 1.70. The van der Waals surface area contributed by atoms with E-state index in [0.29, 0.717) is 26.2 Å². The van der Waals surface area contributed by atoms with E-state index in [2.05, 4.69) is 21.3 Å². The summed E-state index contributed by atoms with van der Waals surface area (Å²) in [6.07, 6.45) is 0. The Morgan fingerprint density at radius 3 is 1.75 bits per heavy atom. The van der Waals surface area contributed by atoms with Crippen molar-refractivity contribution < 1.29 is 9.59 Å². The minimum Gasteiger partial charge on any atom is -0.351 e. The molecular weight excluding hydrogens is 256 g/mol. The van der Waals surface area contributed by atoms with Gasteiger partial charge in [0.05, 0.1) is 13.1 Å². The van der Waals surface area contributed by atoms with Crippen LogP contribution in [0.15, 0.2) is 24.3 Å². The van der Waals surface area contributed by atoms with Gasteiger partial charge in [-0.3, -0.25) is 9.59 Å². The van der Waals surface area contributed by atoms with Gasteiger partial charge in [-0.1, -0.05) is 24.3 Å². The summed E-state index contributed by atoms with van der Waals surface area (Å²) in [6.45, 7) is 1.58. The normalized spacial score (nSPS) is 10.1. The van der Waals surface area contributed by atoms with Crippen LogP contribution in [-0.4, -0.2) is 39.0 Å². The molecule has 0 radical (unpaired) electrons. The highest BCUT2D eigenvalue weighted by Crippen LogP contribution is 2.04. The van der Waals surface area contributed by atoms with Crippen molar-refractivity contribution in [3.8, 4) is 0 Å². The zero-order chi connectivity index (χ0) is 14.8. The van der Waals surface area contributed by atoms with Crippen LogP contribution in [0.1, 0.15) is 11.1 Å². The molecule has 0 aromatic heterocycles. The Morgan fingerprint density at radius 2 is 1.35 bits per heavy atom. The van der Waals surface area contributed by atoms with Crippen LogP contribution in [0, 0.1) is 0 Å². The molecule has 1 aromatic carbocycles. The highest BCUT2D eigenvalue weighted by atomic mass is 16.2. The van der Waals surface area contributed by atoms with Crippen LogP contribution in [0.2, 0.25) is 0 Å². The van der Waals surface area contributed by atoms with Gasteiger partial charge < -0.3 is 21.3 Å². The quantitative estimate of drug-likeness (QED) is 0.510. The molecule has 6 nitrogen and oxygen atoms in total. The second kappa shape index (κ2) is 9.06. The molecule has 0 aliphatic rings. The molecule has 0 saturated heterocycles. The molecule has 0 fully saturated rings. The first-order valence-corrected chi connectivity index (χ1v) is 6.56. The summed E-state index contributed by atoms with van der Waals surface area (Å²) in [5, 5.41) is 11.2. The van der Waals surface area contributed by atoms with E-state index >= 15 is 0 Å². The van der Waals surface area contributed by atoms with Crippen LogP contribution >= 0.6 is 0 Å². The molecule has 0 unspecified atom stereocenters. The van der Waals surface area contributed by atoms with Gasteiger partial charge in [-0.15, -0.1) is 0 Å². The number of hydrogen-bond acceptors (Lipinski definition) is 4. The summed E-state index contributed by atoms with van der Waals surface area (Å²) in [4.78, 5) is 22.7. The SMILES string of the molecule is CNCC(=O)NCc1cccc(CNC(=O)CNC)c1. The number of rotatable bonds is 8. The largest absolute Gasteiger partial charge is 0.351 e. The Bertz CT molecular complexity index is 411. The average Bonchev–Trinajstić information content (AvgIpc) is 2.44. The van der Waals surface area contributed by atoms with Gasteiger partial charge >= 0.3 is 0 Å². The maximum atomic E-state index is 11.4. The zero-order valence-corrected chi connectivity index (χ0v) is 12.0. The van der Waals surface area contributed by atoms with E-state index in [0.717, 1.165) is 11.1 Å². The number of carbonyl (C=O) groups excluding carboxylic acids is 2. The Balaban J connectivity index is 2.45. The molecule has 1 aromatic rings. The molecule has 0 aliphatic carbocycles. The van der Waals surface area contributed by atoms with Gasteiger partial charge in [0.15, 0.2) is 0 Å². The van der Waals surface area contributed by atoms with E-state index in [-0.39, 0.29) is 11.8 Å². The Hall–Kier alpha value is -1.92. The molecule has 0 bridgehead atoms. The topological polar surface area (TPSA) is 82.3 Å². The molecule has 0 aliphatic heterocycles. The summed E-state index contributed by atoms with van der Waals surface area (Å²) in [7, 11) is 3.46. The molecule has 0 saturated carbocycles. The summed E-state index contributed by atoms with van der Waals surface area (Å²) in [5.74, 6) is -0.0829. The minimum absolute atomic E-state index is 0.0415. The molecule has 0 atom stereocenters. The minimum atomic E-state index is -0.0415. The highest BCUT2D eigenvalue weighted by Gasteiger charge is 2.02. The second-order valence-electron chi connectivity index (χ2n) is 4.43. The Morgan fingerprint density at radius 1 is 0.900 bits per heavy atom. The lowest BCUT2D eigenvalue weighted by atomic mass is 10.1. The third-order valence-corrected chi connectivity index (χ3v) is 2.65. The van der Waals surface area contributed by atoms with Crippen molar-refractivity contribution in [3.05, 3.63) is 35.4 Å². The van der Waals surface area contributed by atoms with E-state index in [4.69, 9.17) is 0 Å². The molecule has 4 N–H and O–H groups in total. The van der Waals surface area contributed by atoms with Crippen molar-refractivity contribution in [2.24, 2.45) is 0 Å². The fourth-order valence-electron chi connectivity index (χ4n) is 1.70. The lowest BCUT2D eigenvalue weighted by molar-refractivity contribution is -0.121. The van der Waals surface area contributed by atoms with Crippen molar-refractivity contribution in [3.63, 3.8) is 0 Å². The van der Waals surface area contributed by atoms with Crippen LogP contribution in [0.3, 0.4) is 0 Å². The summed E-state index contributed by atoms with van der Waals surface area (Å²) < 4.78 is 0. The van der Waals surface area contributed by atoms with E-state index in [1.165, 1.54) is 0 Å². The van der Waals surface area contributed by atoms with Crippen molar-refractivity contribution in [2.45, 2.75) is 13.1 Å². The first-order valence-electron chi connectivity index (χ1n) is 6.56. The Labute approximate surface area is 119 Å². The van der Waals surface area contributed by atoms with Gasteiger partial charge in [0.25, 0.3) is 0 Å². The third-order valence-electron chi connectivity index (χ3n) is 2.65. The molecule has 6 heteroatoms. The van der Waals surface area contributed by atoms with E-state index in [1.54, 1.807) is 14.1 Å². The average molecular weight is 278 g/mol. The molecule has 0 heterocycles. The maximum Gasteiger partial charge on any atom is 0.234 e. The summed E-state index contributed by atoms with van der Waals surface area (Å²) in [5.41, 5.74) is 2.02.